The molecule has 0 amide bonds. The van der Waals surface area contributed by atoms with Gasteiger partial charge in [-0.15, -0.1) is 0 Å². The Bertz CT molecular complexity index is 315. The average molecular weight is 265 g/mol. The zero-order valence-electron chi connectivity index (χ0n) is 12.8. The van der Waals surface area contributed by atoms with E-state index in [2.05, 4.69) is 23.8 Å². The van der Waals surface area contributed by atoms with Crippen molar-refractivity contribution in [1.29, 1.82) is 0 Å². The van der Waals surface area contributed by atoms with Crippen LogP contribution in [-0.4, -0.2) is 54.6 Å². The van der Waals surface area contributed by atoms with Crippen LogP contribution in [0.15, 0.2) is 0 Å². The molecule has 3 nitrogen and oxygen atoms in total. The molecule has 3 fully saturated rings. The van der Waals surface area contributed by atoms with E-state index in [9.17, 15) is 0 Å². The van der Waals surface area contributed by atoms with Gasteiger partial charge in [-0.3, -0.25) is 4.90 Å². The molecular weight excluding hydrogens is 234 g/mol. The summed E-state index contributed by atoms with van der Waals surface area (Å²) >= 11 is 0. The van der Waals surface area contributed by atoms with E-state index >= 15 is 0 Å². The molecule has 0 aromatic carbocycles. The summed E-state index contributed by atoms with van der Waals surface area (Å²) in [6.45, 7) is 7.09. The summed E-state index contributed by atoms with van der Waals surface area (Å²) in [5.74, 6) is 1.86. The van der Waals surface area contributed by atoms with Gasteiger partial charge in [-0.1, -0.05) is 12.8 Å². The maximum absolute atomic E-state index is 6.16. The van der Waals surface area contributed by atoms with Gasteiger partial charge in [-0.25, -0.2) is 0 Å². The van der Waals surface area contributed by atoms with Gasteiger partial charge in [0.1, 0.15) is 0 Å². The second-order valence-electron chi connectivity index (χ2n) is 7.53. The molecule has 3 atom stereocenters. The van der Waals surface area contributed by atoms with E-state index in [4.69, 9.17) is 5.73 Å². The molecule has 3 unspecified atom stereocenters. The number of fused-ring (bicyclic) bond motifs is 1. The van der Waals surface area contributed by atoms with Crippen LogP contribution >= 0.6 is 0 Å². The number of nitrogens with two attached hydrogens (primary N) is 1. The Morgan fingerprint density at radius 1 is 1.16 bits per heavy atom. The van der Waals surface area contributed by atoms with Gasteiger partial charge in [0.2, 0.25) is 0 Å². The lowest BCUT2D eigenvalue weighted by molar-refractivity contribution is -0.0127. The maximum atomic E-state index is 6.16. The number of nitrogens with zero attached hydrogens (tertiary/aromatic N) is 2. The Hall–Kier alpha value is -0.120. The van der Waals surface area contributed by atoms with E-state index in [0.717, 1.165) is 24.4 Å². The van der Waals surface area contributed by atoms with E-state index in [-0.39, 0.29) is 5.54 Å². The molecule has 2 saturated heterocycles. The Morgan fingerprint density at radius 3 is 2.63 bits per heavy atom. The number of hydrogen-bond donors (Lipinski definition) is 1. The molecule has 0 bridgehead atoms. The Kier molecular flexibility index (Phi) is 3.89. The molecular formula is C16H31N3. The van der Waals surface area contributed by atoms with E-state index in [1.807, 2.05) is 0 Å². The first-order chi connectivity index (χ1) is 9.12. The predicted molar refractivity (Wildman–Crippen MR) is 80.1 cm³/mol. The molecule has 19 heavy (non-hydrogen) atoms. The molecule has 110 valence electrons. The largest absolute Gasteiger partial charge is 0.329 e. The lowest BCUT2D eigenvalue weighted by Crippen LogP contribution is -2.60. The number of likely N-dealkylation sites (tertiary alicyclic amines) is 2. The predicted octanol–water partition coefficient (Wildman–Crippen LogP) is 1.92. The number of hydrogen-bond acceptors (Lipinski definition) is 3. The fraction of sp³-hybridized carbons (Fsp3) is 1.00. The smallest absolute Gasteiger partial charge is 0.0306 e. The minimum atomic E-state index is 0.266. The molecule has 1 saturated carbocycles. The van der Waals surface area contributed by atoms with Crippen LogP contribution in [0.2, 0.25) is 0 Å². The third-order valence-electron chi connectivity index (χ3n) is 5.97. The van der Waals surface area contributed by atoms with Gasteiger partial charge in [0.05, 0.1) is 0 Å². The maximum Gasteiger partial charge on any atom is 0.0306 e. The van der Waals surface area contributed by atoms with Gasteiger partial charge in [0.25, 0.3) is 0 Å². The topological polar surface area (TPSA) is 32.5 Å². The number of piperidine rings is 2. The first-order valence-corrected chi connectivity index (χ1v) is 8.28. The summed E-state index contributed by atoms with van der Waals surface area (Å²) in [6, 6.07) is 0.841. The highest BCUT2D eigenvalue weighted by atomic mass is 15.2. The summed E-state index contributed by atoms with van der Waals surface area (Å²) < 4.78 is 0. The zero-order valence-corrected chi connectivity index (χ0v) is 12.8. The molecule has 3 heteroatoms. The lowest BCUT2D eigenvalue weighted by Gasteiger charge is -2.51. The van der Waals surface area contributed by atoms with Crippen molar-refractivity contribution in [2.75, 3.05) is 33.2 Å². The number of rotatable bonds is 4. The average Bonchev–Trinajstić information content (AvgIpc) is 3.22. The molecule has 0 spiro atoms. The van der Waals surface area contributed by atoms with Crippen molar-refractivity contribution >= 4 is 0 Å². The first kappa shape index (κ1) is 13.8. The van der Waals surface area contributed by atoms with Crippen molar-refractivity contribution in [1.82, 2.24) is 9.80 Å². The summed E-state index contributed by atoms with van der Waals surface area (Å²) in [6.07, 6.45) is 8.37. The van der Waals surface area contributed by atoms with Crippen LogP contribution in [0.4, 0.5) is 0 Å². The van der Waals surface area contributed by atoms with Crippen molar-refractivity contribution in [3.8, 4) is 0 Å². The zero-order chi connectivity index (χ0) is 13.5. The van der Waals surface area contributed by atoms with E-state index in [1.54, 1.807) is 0 Å². The first-order valence-electron chi connectivity index (χ1n) is 8.28. The summed E-state index contributed by atoms with van der Waals surface area (Å²) in [5.41, 5.74) is 6.42. The quantitative estimate of drug-likeness (QED) is 0.843. The third kappa shape index (κ3) is 2.84. The van der Waals surface area contributed by atoms with Crippen LogP contribution in [0.1, 0.15) is 45.4 Å². The summed E-state index contributed by atoms with van der Waals surface area (Å²) in [4.78, 5) is 5.35. The Balaban J connectivity index is 1.65. The highest BCUT2D eigenvalue weighted by Gasteiger charge is 2.42. The fourth-order valence-electron chi connectivity index (χ4n) is 4.43. The van der Waals surface area contributed by atoms with E-state index in [0.29, 0.717) is 0 Å². The summed E-state index contributed by atoms with van der Waals surface area (Å²) in [7, 11) is 2.32. The van der Waals surface area contributed by atoms with E-state index < -0.39 is 0 Å². The minimum Gasteiger partial charge on any atom is -0.329 e. The van der Waals surface area contributed by atoms with Gasteiger partial charge in [-0.05, 0) is 58.0 Å². The fourth-order valence-corrected chi connectivity index (χ4v) is 4.43. The minimum absolute atomic E-state index is 0.266. The highest BCUT2D eigenvalue weighted by molar-refractivity contribution is 4.98. The second kappa shape index (κ2) is 5.34. The van der Waals surface area contributed by atoms with Gasteiger partial charge in [-0.2, -0.15) is 0 Å². The monoisotopic (exact) mass is 265 g/mol. The van der Waals surface area contributed by atoms with Crippen LogP contribution in [0, 0.1) is 11.8 Å². The van der Waals surface area contributed by atoms with Gasteiger partial charge >= 0.3 is 0 Å². The van der Waals surface area contributed by atoms with E-state index in [1.165, 1.54) is 58.2 Å². The Morgan fingerprint density at radius 2 is 1.95 bits per heavy atom. The molecule has 3 aliphatic rings. The van der Waals surface area contributed by atoms with Crippen LogP contribution < -0.4 is 5.73 Å². The van der Waals surface area contributed by atoms with Crippen molar-refractivity contribution in [2.24, 2.45) is 17.6 Å². The lowest BCUT2D eigenvalue weighted by atomic mass is 9.81. The normalized spacial score (nSPS) is 36.8. The molecule has 1 aliphatic carbocycles. The molecule has 2 aliphatic heterocycles. The van der Waals surface area contributed by atoms with Gasteiger partial charge < -0.3 is 10.6 Å². The highest BCUT2D eigenvalue weighted by Crippen LogP contribution is 2.40. The molecule has 0 aromatic heterocycles. The van der Waals surface area contributed by atoms with Crippen LogP contribution in [0.3, 0.4) is 0 Å². The van der Waals surface area contributed by atoms with Crippen LogP contribution in [0.25, 0.3) is 0 Å². The summed E-state index contributed by atoms with van der Waals surface area (Å²) in [5, 5.41) is 0. The van der Waals surface area contributed by atoms with Gasteiger partial charge in [0.15, 0.2) is 0 Å². The van der Waals surface area contributed by atoms with Crippen LogP contribution in [-0.2, 0) is 0 Å². The van der Waals surface area contributed by atoms with Crippen LogP contribution in [0.5, 0.6) is 0 Å². The van der Waals surface area contributed by atoms with Gasteiger partial charge in [0, 0.05) is 31.2 Å². The van der Waals surface area contributed by atoms with Crippen molar-refractivity contribution in [3.05, 3.63) is 0 Å². The SMILES string of the molecule is CN1CCCC2CN(C(C)(CN)CC3CC3)CCC21. The molecule has 2 heterocycles. The molecule has 2 N–H and O–H groups in total. The van der Waals surface area contributed by atoms with Crippen molar-refractivity contribution in [2.45, 2.75) is 57.0 Å². The second-order valence-corrected chi connectivity index (χ2v) is 7.53. The standard InChI is InChI=1S/C16H31N3/c1-16(12-17,10-13-5-6-13)19-9-7-15-14(11-19)4-3-8-18(15)2/h13-15H,3-12,17H2,1-2H3. The van der Waals surface area contributed by atoms with Crippen molar-refractivity contribution < 1.29 is 0 Å². The third-order valence-corrected chi connectivity index (χ3v) is 5.97. The molecule has 3 rings (SSSR count). The molecule has 0 aromatic rings. The van der Waals surface area contributed by atoms with Crippen molar-refractivity contribution in [3.63, 3.8) is 0 Å². The molecule has 0 radical (unpaired) electrons. The Labute approximate surface area is 118 Å².